The van der Waals surface area contributed by atoms with Crippen molar-refractivity contribution in [2.75, 3.05) is 31.6 Å². The minimum atomic E-state index is -0.324. The van der Waals surface area contributed by atoms with Crippen LogP contribution >= 0.6 is 11.6 Å². The maximum atomic E-state index is 12.3. The van der Waals surface area contributed by atoms with Gasteiger partial charge in [-0.25, -0.2) is 0 Å². The van der Waals surface area contributed by atoms with Gasteiger partial charge in [-0.3, -0.25) is 4.79 Å². The van der Waals surface area contributed by atoms with Gasteiger partial charge in [0.1, 0.15) is 5.52 Å². The summed E-state index contributed by atoms with van der Waals surface area (Å²) in [5.74, 6) is 0.720. The van der Waals surface area contributed by atoms with Gasteiger partial charge in [-0.15, -0.1) is 0 Å². The average molecular weight is 364 g/mol. The predicted molar refractivity (Wildman–Crippen MR) is 101 cm³/mol. The lowest BCUT2D eigenvalue weighted by molar-refractivity contribution is -0.138. The Morgan fingerprint density at radius 3 is 2.68 bits per heavy atom. The second-order valence-electron chi connectivity index (χ2n) is 7.97. The van der Waals surface area contributed by atoms with Crippen LogP contribution in [0.25, 0.3) is 11.1 Å². The Hall–Kier alpha value is -1.75. The molecule has 1 saturated heterocycles. The van der Waals surface area contributed by atoms with E-state index in [1.807, 2.05) is 44.9 Å². The number of hydrogen-bond donors (Lipinski definition) is 0. The number of fused-ring (bicyclic) bond motifs is 1. The SMILES string of the molecule is CN(CC1CCN(c2nc3ccc(Cl)cc3o2)CC1)C(=O)C(C)(C)C. The van der Waals surface area contributed by atoms with Gasteiger partial charge in [-0.1, -0.05) is 32.4 Å². The Morgan fingerprint density at radius 2 is 2.04 bits per heavy atom. The highest BCUT2D eigenvalue weighted by atomic mass is 35.5. The van der Waals surface area contributed by atoms with Crippen molar-refractivity contribution in [2.45, 2.75) is 33.6 Å². The van der Waals surface area contributed by atoms with Gasteiger partial charge in [0.05, 0.1) is 0 Å². The zero-order chi connectivity index (χ0) is 18.2. The fourth-order valence-electron chi connectivity index (χ4n) is 3.37. The Balaban J connectivity index is 1.58. The minimum Gasteiger partial charge on any atom is -0.423 e. The second-order valence-corrected chi connectivity index (χ2v) is 8.41. The lowest BCUT2D eigenvalue weighted by Crippen LogP contribution is -2.42. The summed E-state index contributed by atoms with van der Waals surface area (Å²) in [6.45, 7) is 8.49. The standard InChI is InChI=1S/C19H26ClN3O2/c1-19(2,3)17(24)22(4)12-13-7-9-23(10-8-13)18-21-15-6-5-14(20)11-16(15)25-18/h5-6,11,13H,7-10,12H2,1-4H3. The number of aromatic nitrogens is 1. The number of piperidine rings is 1. The summed E-state index contributed by atoms with van der Waals surface area (Å²) in [5, 5.41) is 0.653. The van der Waals surface area contributed by atoms with E-state index in [0.717, 1.165) is 43.6 Å². The number of rotatable bonds is 3. The van der Waals surface area contributed by atoms with Crippen LogP contribution in [-0.4, -0.2) is 42.5 Å². The van der Waals surface area contributed by atoms with Gasteiger partial charge in [0.25, 0.3) is 6.01 Å². The van der Waals surface area contributed by atoms with E-state index in [1.54, 1.807) is 6.07 Å². The molecule has 1 aromatic heterocycles. The van der Waals surface area contributed by atoms with E-state index in [2.05, 4.69) is 9.88 Å². The van der Waals surface area contributed by atoms with Crippen LogP contribution in [0.5, 0.6) is 0 Å². The normalized spacial score (nSPS) is 16.4. The van der Waals surface area contributed by atoms with Crippen molar-refractivity contribution in [3.05, 3.63) is 23.2 Å². The van der Waals surface area contributed by atoms with Gasteiger partial charge < -0.3 is 14.2 Å². The number of oxazole rings is 1. The van der Waals surface area contributed by atoms with E-state index < -0.39 is 0 Å². The van der Waals surface area contributed by atoms with Crippen molar-refractivity contribution in [2.24, 2.45) is 11.3 Å². The molecule has 0 N–H and O–H groups in total. The molecular formula is C19H26ClN3O2. The van der Waals surface area contributed by atoms with Crippen molar-refractivity contribution < 1.29 is 9.21 Å². The van der Waals surface area contributed by atoms with Gasteiger partial charge in [-0.05, 0) is 30.9 Å². The summed E-state index contributed by atoms with van der Waals surface area (Å²) in [6.07, 6.45) is 2.06. The van der Waals surface area contributed by atoms with Crippen LogP contribution in [0.2, 0.25) is 5.02 Å². The highest BCUT2D eigenvalue weighted by molar-refractivity contribution is 6.31. The molecule has 0 atom stereocenters. The number of hydrogen-bond acceptors (Lipinski definition) is 4. The highest BCUT2D eigenvalue weighted by Crippen LogP contribution is 2.28. The van der Waals surface area contributed by atoms with E-state index in [4.69, 9.17) is 16.0 Å². The molecule has 0 aliphatic carbocycles. The molecular weight excluding hydrogens is 338 g/mol. The Kier molecular flexibility index (Phi) is 4.96. The second kappa shape index (κ2) is 6.87. The lowest BCUT2D eigenvalue weighted by Gasteiger charge is -2.34. The third-order valence-electron chi connectivity index (χ3n) is 4.74. The fraction of sp³-hybridized carbons (Fsp3) is 0.579. The number of nitrogens with zero attached hydrogens (tertiary/aromatic N) is 3. The molecule has 0 radical (unpaired) electrons. The number of benzene rings is 1. The largest absolute Gasteiger partial charge is 0.423 e. The quantitative estimate of drug-likeness (QED) is 0.819. The molecule has 1 amide bonds. The highest BCUT2D eigenvalue weighted by Gasteiger charge is 2.28. The monoisotopic (exact) mass is 363 g/mol. The molecule has 0 bridgehead atoms. The van der Waals surface area contributed by atoms with Crippen LogP contribution in [0.4, 0.5) is 6.01 Å². The summed E-state index contributed by atoms with van der Waals surface area (Å²) in [5.41, 5.74) is 1.23. The van der Waals surface area contributed by atoms with Gasteiger partial charge in [0.2, 0.25) is 5.91 Å². The summed E-state index contributed by atoms with van der Waals surface area (Å²) in [6, 6.07) is 6.16. The molecule has 0 spiro atoms. The third-order valence-corrected chi connectivity index (χ3v) is 4.98. The van der Waals surface area contributed by atoms with E-state index >= 15 is 0 Å². The van der Waals surface area contributed by atoms with Gasteiger partial charge in [0.15, 0.2) is 5.58 Å². The van der Waals surface area contributed by atoms with Crippen LogP contribution in [0.3, 0.4) is 0 Å². The van der Waals surface area contributed by atoms with Crippen LogP contribution in [0, 0.1) is 11.3 Å². The topological polar surface area (TPSA) is 49.6 Å². The minimum absolute atomic E-state index is 0.200. The molecule has 6 heteroatoms. The predicted octanol–water partition coefficient (Wildman–Crippen LogP) is 4.20. The lowest BCUT2D eigenvalue weighted by atomic mass is 9.92. The number of anilines is 1. The average Bonchev–Trinajstić information content (AvgIpc) is 2.97. The van der Waals surface area contributed by atoms with Crippen molar-refractivity contribution in [3.8, 4) is 0 Å². The molecule has 1 aliphatic rings. The first kappa shape index (κ1) is 18.1. The first-order valence-electron chi connectivity index (χ1n) is 8.80. The molecule has 25 heavy (non-hydrogen) atoms. The first-order chi connectivity index (χ1) is 11.7. The van der Waals surface area contributed by atoms with Crippen molar-refractivity contribution >= 4 is 34.6 Å². The van der Waals surface area contributed by atoms with Crippen LogP contribution in [-0.2, 0) is 4.79 Å². The number of amides is 1. The van der Waals surface area contributed by atoms with Gasteiger partial charge in [-0.2, -0.15) is 4.98 Å². The van der Waals surface area contributed by atoms with E-state index in [0.29, 0.717) is 17.0 Å². The molecule has 1 fully saturated rings. The van der Waals surface area contributed by atoms with Gasteiger partial charge >= 0.3 is 0 Å². The molecule has 0 saturated carbocycles. The number of carbonyl (C=O) groups is 1. The first-order valence-corrected chi connectivity index (χ1v) is 9.18. The maximum absolute atomic E-state index is 12.3. The molecule has 136 valence electrons. The van der Waals surface area contributed by atoms with Crippen molar-refractivity contribution in [1.82, 2.24) is 9.88 Å². The number of carbonyl (C=O) groups excluding carboxylic acids is 1. The van der Waals surface area contributed by atoms with Crippen molar-refractivity contribution in [3.63, 3.8) is 0 Å². The molecule has 5 nitrogen and oxygen atoms in total. The fourth-order valence-corrected chi connectivity index (χ4v) is 3.53. The van der Waals surface area contributed by atoms with Crippen molar-refractivity contribution in [1.29, 1.82) is 0 Å². The van der Waals surface area contributed by atoms with Gasteiger partial charge in [0, 0.05) is 43.2 Å². The summed E-state index contributed by atoms with van der Waals surface area (Å²) in [7, 11) is 1.91. The van der Waals surface area contributed by atoms with E-state index in [-0.39, 0.29) is 11.3 Å². The van der Waals surface area contributed by atoms with Crippen LogP contribution in [0.15, 0.2) is 22.6 Å². The smallest absolute Gasteiger partial charge is 0.298 e. The molecule has 3 rings (SSSR count). The molecule has 2 heterocycles. The Morgan fingerprint density at radius 1 is 1.36 bits per heavy atom. The summed E-state index contributed by atoms with van der Waals surface area (Å²) < 4.78 is 5.85. The maximum Gasteiger partial charge on any atom is 0.298 e. The molecule has 0 unspecified atom stereocenters. The summed E-state index contributed by atoms with van der Waals surface area (Å²) >= 11 is 6.01. The number of halogens is 1. The Labute approximate surface area is 153 Å². The molecule has 2 aromatic rings. The van der Waals surface area contributed by atoms with Crippen LogP contribution < -0.4 is 4.90 Å². The zero-order valence-electron chi connectivity index (χ0n) is 15.4. The van der Waals surface area contributed by atoms with E-state index in [1.165, 1.54) is 0 Å². The Bertz CT molecular complexity index is 758. The zero-order valence-corrected chi connectivity index (χ0v) is 16.1. The molecule has 1 aliphatic heterocycles. The van der Waals surface area contributed by atoms with Crippen LogP contribution in [0.1, 0.15) is 33.6 Å². The third kappa shape index (κ3) is 4.09. The summed E-state index contributed by atoms with van der Waals surface area (Å²) in [4.78, 5) is 20.9. The molecule has 1 aromatic carbocycles. The van der Waals surface area contributed by atoms with E-state index in [9.17, 15) is 4.79 Å².